The normalized spacial score (nSPS) is 28.4. The zero-order chi connectivity index (χ0) is 8.27. The lowest BCUT2D eigenvalue weighted by molar-refractivity contribution is -0.122. The second kappa shape index (κ2) is 3.38. The van der Waals surface area contributed by atoms with E-state index in [0.29, 0.717) is 6.42 Å². The summed E-state index contributed by atoms with van der Waals surface area (Å²) in [5, 5.41) is 11.3. The van der Waals surface area contributed by atoms with Gasteiger partial charge in [-0.2, -0.15) is 5.26 Å². The van der Waals surface area contributed by atoms with Crippen LogP contribution in [0.15, 0.2) is 0 Å². The molecule has 0 atom stereocenters. The Morgan fingerprint density at radius 1 is 1.73 bits per heavy atom. The fourth-order valence-corrected chi connectivity index (χ4v) is 1.17. The van der Waals surface area contributed by atoms with Gasteiger partial charge < -0.3 is 5.32 Å². The van der Waals surface area contributed by atoms with Crippen molar-refractivity contribution in [3.05, 3.63) is 0 Å². The van der Waals surface area contributed by atoms with Crippen LogP contribution < -0.4 is 5.32 Å². The number of nitrogens with one attached hydrogen (secondary N) is 1. The number of carbonyl (C=O) groups is 1. The standard InChI is InChI=1S/C8H12N2O/c1-2-8(11)10-7-3-6(4-7)5-9/h6-7H,2-4H2,1H3,(H,10,11). The third kappa shape index (κ3) is 1.94. The molecule has 1 aliphatic carbocycles. The number of nitrogens with zero attached hydrogens (tertiary/aromatic N) is 1. The molecule has 0 aromatic carbocycles. The number of hydrogen-bond acceptors (Lipinski definition) is 2. The second-order valence-electron chi connectivity index (χ2n) is 2.92. The van der Waals surface area contributed by atoms with Crippen molar-refractivity contribution < 1.29 is 4.79 Å². The van der Waals surface area contributed by atoms with Gasteiger partial charge in [0.1, 0.15) is 0 Å². The average molecular weight is 152 g/mol. The maximum absolute atomic E-state index is 10.8. The third-order valence-electron chi connectivity index (χ3n) is 2.01. The van der Waals surface area contributed by atoms with Crippen LogP contribution in [0.25, 0.3) is 0 Å². The molecule has 0 aromatic rings. The van der Waals surface area contributed by atoms with Gasteiger partial charge in [-0.3, -0.25) is 4.79 Å². The van der Waals surface area contributed by atoms with Crippen molar-refractivity contribution in [3.63, 3.8) is 0 Å². The summed E-state index contributed by atoms with van der Waals surface area (Å²) >= 11 is 0. The molecular weight excluding hydrogens is 140 g/mol. The lowest BCUT2D eigenvalue weighted by atomic mass is 9.81. The maximum Gasteiger partial charge on any atom is 0.219 e. The zero-order valence-corrected chi connectivity index (χ0v) is 6.63. The van der Waals surface area contributed by atoms with Gasteiger partial charge in [0.2, 0.25) is 5.91 Å². The Morgan fingerprint density at radius 3 is 2.82 bits per heavy atom. The van der Waals surface area contributed by atoms with E-state index in [2.05, 4.69) is 11.4 Å². The van der Waals surface area contributed by atoms with Crippen molar-refractivity contribution in [1.82, 2.24) is 5.32 Å². The summed E-state index contributed by atoms with van der Waals surface area (Å²) in [5.41, 5.74) is 0. The van der Waals surface area contributed by atoms with Crippen molar-refractivity contribution >= 4 is 5.91 Å². The molecule has 60 valence electrons. The molecule has 0 heterocycles. The van der Waals surface area contributed by atoms with Crippen LogP contribution in [0.2, 0.25) is 0 Å². The highest BCUT2D eigenvalue weighted by molar-refractivity contribution is 5.75. The van der Waals surface area contributed by atoms with Gasteiger partial charge in [0.15, 0.2) is 0 Å². The predicted molar refractivity (Wildman–Crippen MR) is 40.6 cm³/mol. The van der Waals surface area contributed by atoms with E-state index in [0.717, 1.165) is 12.8 Å². The first-order chi connectivity index (χ1) is 5.26. The topological polar surface area (TPSA) is 52.9 Å². The van der Waals surface area contributed by atoms with E-state index in [1.54, 1.807) is 0 Å². The van der Waals surface area contributed by atoms with Gasteiger partial charge in [-0.05, 0) is 12.8 Å². The van der Waals surface area contributed by atoms with Gasteiger partial charge in [0, 0.05) is 12.5 Å². The second-order valence-corrected chi connectivity index (χ2v) is 2.92. The van der Waals surface area contributed by atoms with E-state index < -0.39 is 0 Å². The van der Waals surface area contributed by atoms with Crippen LogP contribution in [0.3, 0.4) is 0 Å². The van der Waals surface area contributed by atoms with Crippen molar-refractivity contribution in [1.29, 1.82) is 5.26 Å². The molecule has 11 heavy (non-hydrogen) atoms. The Labute approximate surface area is 66.4 Å². The first kappa shape index (κ1) is 8.06. The zero-order valence-electron chi connectivity index (χ0n) is 6.63. The fraction of sp³-hybridized carbons (Fsp3) is 0.750. The predicted octanol–water partition coefficient (Wildman–Crippen LogP) is 0.815. The van der Waals surface area contributed by atoms with Crippen LogP contribution in [0, 0.1) is 17.2 Å². The summed E-state index contributed by atoms with van der Waals surface area (Å²) < 4.78 is 0. The number of nitriles is 1. The summed E-state index contributed by atoms with van der Waals surface area (Å²) in [6, 6.07) is 2.44. The van der Waals surface area contributed by atoms with Gasteiger partial charge in [0.25, 0.3) is 0 Å². The Morgan fingerprint density at radius 2 is 2.36 bits per heavy atom. The Bertz CT molecular complexity index is 189. The largest absolute Gasteiger partial charge is 0.353 e. The highest BCUT2D eigenvalue weighted by Crippen LogP contribution is 2.26. The van der Waals surface area contributed by atoms with E-state index in [-0.39, 0.29) is 17.9 Å². The minimum Gasteiger partial charge on any atom is -0.353 e. The number of amides is 1. The van der Waals surface area contributed by atoms with Gasteiger partial charge in [0.05, 0.1) is 12.0 Å². The van der Waals surface area contributed by atoms with Gasteiger partial charge in [-0.1, -0.05) is 6.92 Å². The van der Waals surface area contributed by atoms with Crippen LogP contribution >= 0.6 is 0 Å². The molecule has 3 nitrogen and oxygen atoms in total. The minimum absolute atomic E-state index is 0.0892. The lowest BCUT2D eigenvalue weighted by Crippen LogP contribution is -2.43. The van der Waals surface area contributed by atoms with Gasteiger partial charge >= 0.3 is 0 Å². The minimum atomic E-state index is 0.0892. The van der Waals surface area contributed by atoms with E-state index in [9.17, 15) is 4.79 Å². The SMILES string of the molecule is CCC(=O)NC1CC(C#N)C1. The van der Waals surface area contributed by atoms with Crippen LogP contribution in [0.1, 0.15) is 26.2 Å². The molecule has 0 saturated heterocycles. The monoisotopic (exact) mass is 152 g/mol. The van der Waals surface area contributed by atoms with Crippen molar-refractivity contribution in [2.75, 3.05) is 0 Å². The lowest BCUT2D eigenvalue weighted by Gasteiger charge is -2.30. The highest BCUT2D eigenvalue weighted by Gasteiger charge is 2.29. The Hall–Kier alpha value is -1.04. The molecule has 0 aromatic heterocycles. The van der Waals surface area contributed by atoms with Gasteiger partial charge in [-0.25, -0.2) is 0 Å². The molecule has 0 unspecified atom stereocenters. The molecule has 1 aliphatic rings. The molecule has 0 spiro atoms. The smallest absolute Gasteiger partial charge is 0.219 e. The van der Waals surface area contributed by atoms with Gasteiger partial charge in [-0.15, -0.1) is 0 Å². The molecular formula is C8H12N2O. The molecule has 1 saturated carbocycles. The van der Waals surface area contributed by atoms with Crippen LogP contribution in [0.4, 0.5) is 0 Å². The first-order valence-electron chi connectivity index (χ1n) is 3.95. The van der Waals surface area contributed by atoms with Crippen LogP contribution in [-0.4, -0.2) is 11.9 Å². The van der Waals surface area contributed by atoms with Crippen molar-refractivity contribution in [3.8, 4) is 6.07 Å². The molecule has 0 aliphatic heterocycles. The molecule has 1 amide bonds. The van der Waals surface area contributed by atoms with Crippen molar-refractivity contribution in [2.24, 2.45) is 5.92 Å². The average Bonchev–Trinajstić information content (AvgIpc) is 1.95. The molecule has 0 radical (unpaired) electrons. The molecule has 1 rings (SSSR count). The fourth-order valence-electron chi connectivity index (χ4n) is 1.17. The Balaban J connectivity index is 2.14. The van der Waals surface area contributed by atoms with E-state index in [1.165, 1.54) is 0 Å². The number of carbonyl (C=O) groups excluding carboxylic acids is 1. The van der Waals surface area contributed by atoms with E-state index in [4.69, 9.17) is 5.26 Å². The number of rotatable bonds is 2. The van der Waals surface area contributed by atoms with Crippen LogP contribution in [0.5, 0.6) is 0 Å². The van der Waals surface area contributed by atoms with Crippen LogP contribution in [-0.2, 0) is 4.79 Å². The maximum atomic E-state index is 10.8. The first-order valence-corrected chi connectivity index (χ1v) is 3.95. The molecule has 1 N–H and O–H groups in total. The van der Waals surface area contributed by atoms with E-state index in [1.807, 2.05) is 6.92 Å². The number of hydrogen-bond donors (Lipinski definition) is 1. The summed E-state index contributed by atoms with van der Waals surface area (Å²) in [6.07, 6.45) is 2.21. The molecule has 1 fully saturated rings. The van der Waals surface area contributed by atoms with Crippen molar-refractivity contribution in [2.45, 2.75) is 32.2 Å². The summed E-state index contributed by atoms with van der Waals surface area (Å²) in [5.74, 6) is 0.267. The third-order valence-corrected chi connectivity index (χ3v) is 2.01. The summed E-state index contributed by atoms with van der Waals surface area (Å²) in [7, 11) is 0. The summed E-state index contributed by atoms with van der Waals surface area (Å²) in [4.78, 5) is 10.8. The highest BCUT2D eigenvalue weighted by atomic mass is 16.1. The quantitative estimate of drug-likeness (QED) is 0.636. The van der Waals surface area contributed by atoms with E-state index >= 15 is 0 Å². The summed E-state index contributed by atoms with van der Waals surface area (Å²) in [6.45, 7) is 1.83. The Kier molecular flexibility index (Phi) is 2.48. The molecule has 0 bridgehead atoms. The molecule has 3 heteroatoms.